The lowest BCUT2D eigenvalue weighted by Gasteiger charge is -2.29. The lowest BCUT2D eigenvalue weighted by molar-refractivity contribution is 0.445. The molecule has 0 N–H and O–H groups in total. The summed E-state index contributed by atoms with van der Waals surface area (Å²) < 4.78 is 2.40. The van der Waals surface area contributed by atoms with Crippen molar-refractivity contribution in [3.63, 3.8) is 0 Å². The zero-order valence-electron chi connectivity index (χ0n) is 33.7. The maximum atomic E-state index is 2.48. The van der Waals surface area contributed by atoms with E-state index in [4.69, 9.17) is 0 Å². The van der Waals surface area contributed by atoms with E-state index in [9.17, 15) is 0 Å². The number of hydrogen-bond donors (Lipinski definition) is 0. The molecule has 60 heavy (non-hydrogen) atoms. The van der Waals surface area contributed by atoms with E-state index in [-0.39, 0.29) is 0 Å². The summed E-state index contributed by atoms with van der Waals surface area (Å²) in [7, 11) is 0. The molecular weight excluding hydrogens is 725 g/mol. The predicted molar refractivity (Wildman–Crippen MR) is 255 cm³/mol. The van der Waals surface area contributed by atoms with E-state index in [1.165, 1.54) is 104 Å². The fourth-order valence-electron chi connectivity index (χ4n) is 10.0. The van der Waals surface area contributed by atoms with Crippen LogP contribution in [0.25, 0.3) is 71.6 Å². The molecule has 2 nitrogen and oxygen atoms in total. The Balaban J connectivity index is 1.12. The third kappa shape index (κ3) is 6.37. The van der Waals surface area contributed by atoms with Crippen LogP contribution in [0.3, 0.4) is 0 Å². The number of aromatic nitrogens is 1. The maximum Gasteiger partial charge on any atom is 0.0547 e. The van der Waals surface area contributed by atoms with Gasteiger partial charge in [-0.15, -0.1) is 0 Å². The third-order valence-corrected chi connectivity index (χ3v) is 12.8. The first-order chi connectivity index (χ1) is 29.8. The van der Waals surface area contributed by atoms with Crippen molar-refractivity contribution in [2.45, 2.75) is 38.0 Å². The van der Waals surface area contributed by atoms with Crippen LogP contribution in [0.15, 0.2) is 212 Å². The summed E-state index contributed by atoms with van der Waals surface area (Å²) in [4.78, 5) is 2.48. The summed E-state index contributed by atoms with van der Waals surface area (Å²) in [5.74, 6) is 0.588. The van der Waals surface area contributed by atoms with Crippen molar-refractivity contribution in [1.29, 1.82) is 0 Å². The van der Waals surface area contributed by atoms with Crippen molar-refractivity contribution < 1.29 is 0 Å². The standard InChI is InChI=1S/C58H46N2/c1-4-18-41(19-5-1)42-36-38-47(39-37-42)59(54-33-12-10-28-51(54)52-32-16-23-44-22-15-30-49(57(44)52)43-20-6-2-7-21-43)48-27-14-24-45(40-48)50-31-17-35-56-58(50)53-29-11-13-34-55(53)60(56)46-25-8-3-9-26-46/h1,3-5,8-19,22-40,43H,2,6-7,20-21H2. The highest BCUT2D eigenvalue weighted by atomic mass is 15.1. The Kier molecular flexibility index (Phi) is 9.32. The van der Waals surface area contributed by atoms with Gasteiger partial charge in [-0.3, -0.25) is 0 Å². The molecule has 0 aliphatic heterocycles. The molecule has 0 radical (unpaired) electrons. The molecule has 0 bridgehead atoms. The second-order valence-corrected chi connectivity index (χ2v) is 16.3. The summed E-state index contributed by atoms with van der Waals surface area (Å²) in [5, 5.41) is 5.22. The topological polar surface area (TPSA) is 8.17 Å². The van der Waals surface area contributed by atoms with Crippen molar-refractivity contribution in [2.75, 3.05) is 4.90 Å². The number of rotatable bonds is 8. The molecule has 1 aliphatic carbocycles. The summed E-state index contributed by atoms with van der Waals surface area (Å²) in [5.41, 5.74) is 15.8. The number of fused-ring (bicyclic) bond motifs is 4. The van der Waals surface area contributed by atoms with Crippen LogP contribution in [0.4, 0.5) is 17.1 Å². The van der Waals surface area contributed by atoms with E-state index in [1.54, 1.807) is 0 Å². The van der Waals surface area contributed by atoms with E-state index in [2.05, 4.69) is 222 Å². The Bertz CT molecular complexity index is 3110. The lowest BCUT2D eigenvalue weighted by Crippen LogP contribution is -2.11. The smallest absolute Gasteiger partial charge is 0.0547 e. The maximum absolute atomic E-state index is 2.48. The molecule has 0 saturated heterocycles. The van der Waals surface area contributed by atoms with Crippen molar-refractivity contribution in [2.24, 2.45) is 0 Å². The van der Waals surface area contributed by atoms with Crippen LogP contribution < -0.4 is 4.90 Å². The van der Waals surface area contributed by atoms with Crippen molar-refractivity contribution in [3.8, 4) is 39.1 Å². The molecule has 0 unspecified atom stereocenters. The van der Waals surface area contributed by atoms with Crippen molar-refractivity contribution in [1.82, 2.24) is 4.57 Å². The second-order valence-electron chi connectivity index (χ2n) is 16.3. The minimum absolute atomic E-state index is 0.588. The minimum Gasteiger partial charge on any atom is -0.310 e. The molecule has 2 heteroatoms. The molecule has 1 aromatic heterocycles. The first kappa shape index (κ1) is 36.0. The van der Waals surface area contributed by atoms with Crippen LogP contribution in [0.5, 0.6) is 0 Å². The Morgan fingerprint density at radius 2 is 1.02 bits per heavy atom. The van der Waals surface area contributed by atoms with Gasteiger partial charge in [0.05, 0.1) is 16.7 Å². The largest absolute Gasteiger partial charge is 0.310 e. The Morgan fingerprint density at radius 1 is 0.400 bits per heavy atom. The monoisotopic (exact) mass is 770 g/mol. The van der Waals surface area contributed by atoms with Gasteiger partial charge < -0.3 is 9.47 Å². The Labute approximate surface area is 352 Å². The van der Waals surface area contributed by atoms with Gasteiger partial charge in [0, 0.05) is 33.4 Å². The van der Waals surface area contributed by atoms with Crippen LogP contribution in [0, 0.1) is 0 Å². The molecule has 1 aliphatic rings. The van der Waals surface area contributed by atoms with Gasteiger partial charge in [0.25, 0.3) is 0 Å². The Hall–Kier alpha value is -7.16. The predicted octanol–water partition coefficient (Wildman–Crippen LogP) is 16.5. The highest BCUT2D eigenvalue weighted by Crippen LogP contribution is 2.47. The normalized spacial score (nSPS) is 13.3. The molecule has 11 rings (SSSR count). The fraction of sp³-hybridized carbons (Fsp3) is 0.103. The summed E-state index contributed by atoms with van der Waals surface area (Å²) in [6, 6.07) is 78.2. The second kappa shape index (κ2) is 15.5. The first-order valence-electron chi connectivity index (χ1n) is 21.5. The van der Waals surface area contributed by atoms with E-state index >= 15 is 0 Å². The van der Waals surface area contributed by atoms with E-state index in [0.717, 1.165) is 22.7 Å². The van der Waals surface area contributed by atoms with E-state index in [1.807, 2.05) is 0 Å². The van der Waals surface area contributed by atoms with Gasteiger partial charge in [0.15, 0.2) is 0 Å². The summed E-state index contributed by atoms with van der Waals surface area (Å²) in [6.07, 6.45) is 6.49. The van der Waals surface area contributed by atoms with Gasteiger partial charge >= 0.3 is 0 Å². The number of benzene rings is 9. The molecule has 0 spiro atoms. The quantitative estimate of drug-likeness (QED) is 0.149. The van der Waals surface area contributed by atoms with Crippen molar-refractivity contribution >= 4 is 49.6 Å². The SMILES string of the molecule is c1ccc(-c2ccc(N(c3cccc(-c4cccc5c4c4ccccc4n5-c4ccccc4)c3)c3ccccc3-c3cccc4cccc(C5CCCCC5)c34)cc2)cc1. The molecule has 1 saturated carbocycles. The summed E-state index contributed by atoms with van der Waals surface area (Å²) in [6.45, 7) is 0. The third-order valence-electron chi connectivity index (χ3n) is 12.8. The number of anilines is 3. The van der Waals surface area contributed by atoms with Crippen molar-refractivity contribution in [3.05, 3.63) is 218 Å². The van der Waals surface area contributed by atoms with Crippen LogP contribution in [0.1, 0.15) is 43.6 Å². The molecule has 0 atom stereocenters. The molecule has 9 aromatic carbocycles. The highest BCUT2D eigenvalue weighted by Gasteiger charge is 2.23. The lowest BCUT2D eigenvalue weighted by atomic mass is 9.80. The first-order valence-corrected chi connectivity index (χ1v) is 21.5. The van der Waals surface area contributed by atoms with E-state index in [0.29, 0.717) is 5.92 Å². The van der Waals surface area contributed by atoms with Crippen LogP contribution in [-0.4, -0.2) is 4.57 Å². The van der Waals surface area contributed by atoms with Crippen LogP contribution in [-0.2, 0) is 0 Å². The molecule has 1 heterocycles. The molecule has 0 amide bonds. The zero-order chi connectivity index (χ0) is 39.8. The van der Waals surface area contributed by atoms with Gasteiger partial charge in [-0.05, 0) is 118 Å². The average Bonchev–Trinajstić information content (AvgIpc) is 3.67. The van der Waals surface area contributed by atoms with E-state index < -0.39 is 0 Å². The van der Waals surface area contributed by atoms with Gasteiger partial charge in [-0.1, -0.05) is 177 Å². The highest BCUT2D eigenvalue weighted by molar-refractivity contribution is 6.16. The molecule has 288 valence electrons. The summed E-state index contributed by atoms with van der Waals surface area (Å²) >= 11 is 0. The Morgan fingerprint density at radius 3 is 1.85 bits per heavy atom. The molecule has 1 fully saturated rings. The van der Waals surface area contributed by atoms with Crippen LogP contribution in [0.2, 0.25) is 0 Å². The average molecular weight is 771 g/mol. The molecular formula is C58H46N2. The molecule has 10 aromatic rings. The number of para-hydroxylation sites is 3. The minimum atomic E-state index is 0.588. The van der Waals surface area contributed by atoms with Gasteiger partial charge in [0.1, 0.15) is 0 Å². The fourth-order valence-corrected chi connectivity index (χ4v) is 10.0. The van der Waals surface area contributed by atoms with Gasteiger partial charge in [0.2, 0.25) is 0 Å². The van der Waals surface area contributed by atoms with Gasteiger partial charge in [-0.25, -0.2) is 0 Å². The van der Waals surface area contributed by atoms with Gasteiger partial charge in [-0.2, -0.15) is 0 Å². The number of hydrogen-bond acceptors (Lipinski definition) is 1. The van der Waals surface area contributed by atoms with Crippen LogP contribution >= 0.6 is 0 Å². The zero-order valence-corrected chi connectivity index (χ0v) is 33.7. The number of nitrogens with zero attached hydrogens (tertiary/aromatic N) is 2.